The first-order chi connectivity index (χ1) is 7.18. The smallest absolute Gasteiger partial charge is 0.133 e. The van der Waals surface area contributed by atoms with Gasteiger partial charge in [0.05, 0.1) is 0 Å². The SMILES string of the molecule is CC(C)CCC(=O)CC1CCCCCC1. The van der Waals surface area contributed by atoms with Gasteiger partial charge in [-0.1, -0.05) is 52.4 Å². The van der Waals surface area contributed by atoms with Crippen LogP contribution in [0.15, 0.2) is 0 Å². The summed E-state index contributed by atoms with van der Waals surface area (Å²) in [6, 6.07) is 0. The molecular weight excluding hydrogens is 184 g/mol. The van der Waals surface area contributed by atoms with Gasteiger partial charge in [0.2, 0.25) is 0 Å². The lowest BCUT2D eigenvalue weighted by Gasteiger charge is -2.13. The Balaban J connectivity index is 2.17. The van der Waals surface area contributed by atoms with Crippen molar-refractivity contribution in [2.24, 2.45) is 11.8 Å². The van der Waals surface area contributed by atoms with E-state index in [2.05, 4.69) is 13.8 Å². The molecule has 1 rings (SSSR count). The number of rotatable bonds is 5. The zero-order chi connectivity index (χ0) is 11.1. The molecule has 0 amide bonds. The Morgan fingerprint density at radius 1 is 1.13 bits per heavy atom. The molecule has 0 unspecified atom stereocenters. The van der Waals surface area contributed by atoms with E-state index >= 15 is 0 Å². The van der Waals surface area contributed by atoms with Crippen molar-refractivity contribution in [3.8, 4) is 0 Å². The molecule has 1 aliphatic carbocycles. The molecule has 0 saturated heterocycles. The Hall–Kier alpha value is -0.330. The van der Waals surface area contributed by atoms with E-state index in [-0.39, 0.29) is 0 Å². The lowest BCUT2D eigenvalue weighted by atomic mass is 9.92. The van der Waals surface area contributed by atoms with Crippen LogP contribution in [0.5, 0.6) is 0 Å². The van der Waals surface area contributed by atoms with E-state index in [0.717, 1.165) is 19.3 Å². The molecule has 1 nitrogen and oxygen atoms in total. The van der Waals surface area contributed by atoms with Gasteiger partial charge in [0, 0.05) is 12.8 Å². The molecule has 0 N–H and O–H groups in total. The lowest BCUT2D eigenvalue weighted by Crippen LogP contribution is -2.08. The molecule has 0 bridgehead atoms. The molecule has 0 radical (unpaired) electrons. The topological polar surface area (TPSA) is 17.1 Å². The third kappa shape index (κ3) is 5.96. The lowest BCUT2D eigenvalue weighted by molar-refractivity contribution is -0.120. The summed E-state index contributed by atoms with van der Waals surface area (Å²) >= 11 is 0. The quantitative estimate of drug-likeness (QED) is 0.616. The fraction of sp³-hybridized carbons (Fsp3) is 0.929. The van der Waals surface area contributed by atoms with Crippen molar-refractivity contribution in [1.82, 2.24) is 0 Å². The highest BCUT2D eigenvalue weighted by molar-refractivity contribution is 5.78. The van der Waals surface area contributed by atoms with Crippen LogP contribution in [0.1, 0.15) is 71.6 Å². The van der Waals surface area contributed by atoms with Gasteiger partial charge in [-0.25, -0.2) is 0 Å². The van der Waals surface area contributed by atoms with Gasteiger partial charge in [-0.05, 0) is 18.3 Å². The van der Waals surface area contributed by atoms with Crippen molar-refractivity contribution in [2.75, 3.05) is 0 Å². The van der Waals surface area contributed by atoms with Crippen molar-refractivity contribution in [2.45, 2.75) is 71.6 Å². The average molecular weight is 210 g/mol. The second kappa shape index (κ2) is 7.03. The fourth-order valence-corrected chi connectivity index (χ4v) is 2.44. The van der Waals surface area contributed by atoms with Crippen LogP contribution < -0.4 is 0 Å². The molecular formula is C14H26O. The van der Waals surface area contributed by atoms with Crippen LogP contribution in [-0.4, -0.2) is 5.78 Å². The zero-order valence-corrected chi connectivity index (χ0v) is 10.4. The maximum atomic E-state index is 11.7. The van der Waals surface area contributed by atoms with Crippen molar-refractivity contribution < 1.29 is 4.79 Å². The standard InChI is InChI=1S/C14H26O/c1-12(2)9-10-14(15)11-13-7-5-3-4-6-8-13/h12-13H,3-11H2,1-2H3. The van der Waals surface area contributed by atoms with E-state index in [0.29, 0.717) is 17.6 Å². The third-order valence-corrected chi connectivity index (χ3v) is 3.49. The Labute approximate surface area is 94.6 Å². The molecule has 0 atom stereocenters. The van der Waals surface area contributed by atoms with Crippen LogP contribution in [0, 0.1) is 11.8 Å². The fourth-order valence-electron chi connectivity index (χ4n) is 2.44. The van der Waals surface area contributed by atoms with E-state index in [1.165, 1.54) is 38.5 Å². The summed E-state index contributed by atoms with van der Waals surface area (Å²) in [7, 11) is 0. The molecule has 0 aromatic heterocycles. The van der Waals surface area contributed by atoms with Gasteiger partial charge in [0.25, 0.3) is 0 Å². The minimum Gasteiger partial charge on any atom is -0.300 e. The van der Waals surface area contributed by atoms with Crippen LogP contribution in [0.25, 0.3) is 0 Å². The van der Waals surface area contributed by atoms with Gasteiger partial charge in [0.15, 0.2) is 0 Å². The first-order valence-electron chi connectivity index (χ1n) is 6.70. The summed E-state index contributed by atoms with van der Waals surface area (Å²) in [5.74, 6) is 1.89. The van der Waals surface area contributed by atoms with Crippen molar-refractivity contribution in [3.05, 3.63) is 0 Å². The Morgan fingerprint density at radius 3 is 2.27 bits per heavy atom. The number of ketones is 1. The molecule has 0 aromatic carbocycles. The van der Waals surface area contributed by atoms with E-state index in [9.17, 15) is 4.79 Å². The highest BCUT2D eigenvalue weighted by Crippen LogP contribution is 2.26. The van der Waals surface area contributed by atoms with E-state index in [1.54, 1.807) is 0 Å². The molecule has 1 fully saturated rings. The number of Topliss-reactive ketones (excluding diaryl/α,β-unsaturated/α-hetero) is 1. The summed E-state index contributed by atoms with van der Waals surface area (Å²) in [5.41, 5.74) is 0. The molecule has 0 aliphatic heterocycles. The monoisotopic (exact) mass is 210 g/mol. The van der Waals surface area contributed by atoms with Crippen LogP contribution in [0.2, 0.25) is 0 Å². The van der Waals surface area contributed by atoms with Crippen LogP contribution in [0.3, 0.4) is 0 Å². The van der Waals surface area contributed by atoms with E-state index in [1.807, 2.05) is 0 Å². The maximum Gasteiger partial charge on any atom is 0.133 e. The highest BCUT2D eigenvalue weighted by atomic mass is 16.1. The number of carbonyl (C=O) groups is 1. The van der Waals surface area contributed by atoms with Crippen LogP contribution in [0.4, 0.5) is 0 Å². The normalized spacial score (nSPS) is 19.1. The molecule has 88 valence electrons. The van der Waals surface area contributed by atoms with Gasteiger partial charge in [-0.3, -0.25) is 4.79 Å². The van der Waals surface area contributed by atoms with Gasteiger partial charge >= 0.3 is 0 Å². The van der Waals surface area contributed by atoms with Gasteiger partial charge in [-0.15, -0.1) is 0 Å². The first kappa shape index (κ1) is 12.7. The Bertz CT molecular complexity index is 176. The molecule has 15 heavy (non-hydrogen) atoms. The second-order valence-electron chi connectivity index (χ2n) is 5.53. The molecule has 1 heteroatoms. The van der Waals surface area contributed by atoms with E-state index < -0.39 is 0 Å². The Morgan fingerprint density at radius 2 is 1.73 bits per heavy atom. The molecule has 0 spiro atoms. The van der Waals surface area contributed by atoms with Crippen LogP contribution in [-0.2, 0) is 4.79 Å². The zero-order valence-electron chi connectivity index (χ0n) is 10.4. The van der Waals surface area contributed by atoms with Crippen LogP contribution >= 0.6 is 0 Å². The summed E-state index contributed by atoms with van der Waals surface area (Å²) in [5, 5.41) is 0. The second-order valence-corrected chi connectivity index (χ2v) is 5.53. The predicted molar refractivity (Wildman–Crippen MR) is 64.9 cm³/mol. The highest BCUT2D eigenvalue weighted by Gasteiger charge is 2.15. The summed E-state index contributed by atoms with van der Waals surface area (Å²) < 4.78 is 0. The third-order valence-electron chi connectivity index (χ3n) is 3.49. The summed E-state index contributed by atoms with van der Waals surface area (Å²) in [4.78, 5) is 11.7. The minimum atomic E-state index is 0.510. The van der Waals surface area contributed by atoms with Gasteiger partial charge in [0.1, 0.15) is 5.78 Å². The summed E-state index contributed by atoms with van der Waals surface area (Å²) in [6.45, 7) is 4.39. The minimum absolute atomic E-state index is 0.510. The van der Waals surface area contributed by atoms with Gasteiger partial charge in [-0.2, -0.15) is 0 Å². The van der Waals surface area contributed by atoms with E-state index in [4.69, 9.17) is 0 Å². The van der Waals surface area contributed by atoms with Crippen molar-refractivity contribution >= 4 is 5.78 Å². The number of carbonyl (C=O) groups excluding carboxylic acids is 1. The summed E-state index contributed by atoms with van der Waals surface area (Å²) in [6.07, 6.45) is 10.8. The average Bonchev–Trinajstić information content (AvgIpc) is 2.43. The first-order valence-corrected chi connectivity index (χ1v) is 6.70. The molecule has 1 aliphatic rings. The Kier molecular flexibility index (Phi) is 5.97. The maximum absolute atomic E-state index is 11.7. The molecule has 0 heterocycles. The molecule has 1 saturated carbocycles. The predicted octanol–water partition coefficient (Wildman–Crippen LogP) is 4.35. The van der Waals surface area contributed by atoms with Crippen molar-refractivity contribution in [3.63, 3.8) is 0 Å². The molecule has 0 aromatic rings. The number of hydrogen-bond donors (Lipinski definition) is 0. The van der Waals surface area contributed by atoms with Crippen molar-refractivity contribution in [1.29, 1.82) is 0 Å². The largest absolute Gasteiger partial charge is 0.300 e. The number of hydrogen-bond acceptors (Lipinski definition) is 1. The van der Waals surface area contributed by atoms with Gasteiger partial charge < -0.3 is 0 Å².